The van der Waals surface area contributed by atoms with Crippen LogP contribution in [0.5, 0.6) is 0 Å². The molecule has 132 valence electrons. The van der Waals surface area contributed by atoms with Crippen molar-refractivity contribution in [1.29, 1.82) is 0 Å². The third kappa shape index (κ3) is 4.45. The van der Waals surface area contributed by atoms with Gasteiger partial charge in [-0.15, -0.1) is 0 Å². The molecule has 3 aromatic rings. The molecule has 2 aromatic carbocycles. The van der Waals surface area contributed by atoms with Crippen LogP contribution in [0.2, 0.25) is 0 Å². The van der Waals surface area contributed by atoms with Gasteiger partial charge in [-0.05, 0) is 31.0 Å². The van der Waals surface area contributed by atoms with Gasteiger partial charge in [0.15, 0.2) is 0 Å². The zero-order valence-electron chi connectivity index (χ0n) is 14.8. The number of nitrogens with one attached hydrogen (secondary N) is 1. The lowest BCUT2D eigenvalue weighted by atomic mass is 10.1. The Kier molecular flexibility index (Phi) is 5.93. The summed E-state index contributed by atoms with van der Waals surface area (Å²) in [5.41, 5.74) is 2.68. The molecular weight excluding hydrogens is 324 g/mol. The maximum absolute atomic E-state index is 12.3. The van der Waals surface area contributed by atoms with Crippen molar-refractivity contribution in [3.63, 3.8) is 0 Å². The molecule has 0 aliphatic rings. The van der Waals surface area contributed by atoms with Crippen molar-refractivity contribution in [3.8, 4) is 0 Å². The highest BCUT2D eigenvalue weighted by Gasteiger charge is 2.12. The molecule has 0 unspecified atom stereocenters. The Morgan fingerprint density at radius 2 is 1.58 bits per heavy atom. The van der Waals surface area contributed by atoms with Crippen LogP contribution in [0.4, 0.5) is 11.6 Å². The quantitative estimate of drug-likeness (QED) is 0.710. The minimum absolute atomic E-state index is 0.157. The number of hydrogen-bond acceptors (Lipinski definition) is 4. The summed E-state index contributed by atoms with van der Waals surface area (Å²) in [5, 5.41) is 2.91. The van der Waals surface area contributed by atoms with E-state index in [1.165, 1.54) is 5.56 Å². The van der Waals surface area contributed by atoms with Crippen molar-refractivity contribution < 1.29 is 4.79 Å². The second-order valence-corrected chi connectivity index (χ2v) is 5.84. The van der Waals surface area contributed by atoms with Crippen LogP contribution in [-0.4, -0.2) is 29.0 Å². The number of aromatic nitrogens is 2. The Labute approximate surface area is 153 Å². The normalized spacial score (nSPS) is 10.3. The molecule has 0 fully saturated rings. The third-order valence-electron chi connectivity index (χ3n) is 4.07. The first-order valence-corrected chi connectivity index (χ1v) is 8.74. The van der Waals surface area contributed by atoms with Crippen LogP contribution < -0.4 is 10.2 Å². The van der Waals surface area contributed by atoms with E-state index in [9.17, 15) is 4.79 Å². The lowest BCUT2D eigenvalue weighted by molar-refractivity contribution is 0.0953. The predicted molar refractivity (Wildman–Crippen MR) is 104 cm³/mol. The largest absolute Gasteiger partial charge is 0.352 e. The lowest BCUT2D eigenvalue weighted by Gasteiger charge is -2.20. The number of benzene rings is 2. The maximum Gasteiger partial charge on any atom is 0.254 e. The Hall–Kier alpha value is -3.21. The van der Waals surface area contributed by atoms with E-state index in [1.807, 2.05) is 72.5 Å². The zero-order chi connectivity index (χ0) is 18.2. The van der Waals surface area contributed by atoms with E-state index in [1.54, 1.807) is 12.4 Å². The van der Waals surface area contributed by atoms with Crippen LogP contribution in [0.25, 0.3) is 0 Å². The van der Waals surface area contributed by atoms with Crippen molar-refractivity contribution in [2.24, 2.45) is 0 Å². The first-order valence-electron chi connectivity index (χ1n) is 8.74. The number of nitrogens with zero attached hydrogens (tertiary/aromatic N) is 3. The minimum atomic E-state index is -0.157. The average Bonchev–Trinajstić information content (AvgIpc) is 2.71. The van der Waals surface area contributed by atoms with Crippen molar-refractivity contribution in [2.45, 2.75) is 13.3 Å². The number of carbonyl (C=O) groups excluding carboxylic acids is 1. The molecule has 0 bridgehead atoms. The second-order valence-electron chi connectivity index (χ2n) is 5.84. The van der Waals surface area contributed by atoms with Gasteiger partial charge in [0.2, 0.25) is 5.95 Å². The summed E-state index contributed by atoms with van der Waals surface area (Å²) in [5.74, 6) is 0.426. The van der Waals surface area contributed by atoms with Gasteiger partial charge in [-0.1, -0.05) is 48.5 Å². The first kappa shape index (κ1) is 17.6. The highest BCUT2D eigenvalue weighted by atomic mass is 16.1. The molecule has 0 saturated carbocycles. The number of rotatable bonds is 7. The van der Waals surface area contributed by atoms with E-state index >= 15 is 0 Å². The van der Waals surface area contributed by atoms with Crippen molar-refractivity contribution >= 4 is 17.5 Å². The fraction of sp³-hybridized carbons (Fsp3) is 0.190. The van der Waals surface area contributed by atoms with E-state index in [0.29, 0.717) is 18.1 Å². The number of para-hydroxylation sites is 1. The summed E-state index contributed by atoms with van der Waals surface area (Å²) in [7, 11) is 0. The van der Waals surface area contributed by atoms with Crippen LogP contribution in [0.15, 0.2) is 73.1 Å². The van der Waals surface area contributed by atoms with E-state index in [2.05, 4.69) is 15.3 Å². The molecule has 5 nitrogen and oxygen atoms in total. The van der Waals surface area contributed by atoms with Gasteiger partial charge in [-0.3, -0.25) is 4.79 Å². The number of anilines is 2. The average molecular weight is 346 g/mol. The van der Waals surface area contributed by atoms with E-state index < -0.39 is 0 Å². The molecule has 5 heteroatoms. The lowest BCUT2D eigenvalue weighted by Crippen LogP contribution is -2.26. The third-order valence-corrected chi connectivity index (χ3v) is 4.07. The summed E-state index contributed by atoms with van der Waals surface area (Å²) in [6.07, 6.45) is 3.95. The van der Waals surface area contributed by atoms with Gasteiger partial charge in [0, 0.05) is 31.2 Å². The predicted octanol–water partition coefficient (Wildman–Crippen LogP) is 3.61. The maximum atomic E-state index is 12.3. The van der Waals surface area contributed by atoms with E-state index in [-0.39, 0.29) is 5.91 Å². The van der Waals surface area contributed by atoms with Crippen LogP contribution in [-0.2, 0) is 6.42 Å². The molecule has 1 aromatic heterocycles. The van der Waals surface area contributed by atoms with Crippen molar-refractivity contribution in [1.82, 2.24) is 15.3 Å². The van der Waals surface area contributed by atoms with Gasteiger partial charge in [0.25, 0.3) is 5.91 Å². The van der Waals surface area contributed by atoms with Gasteiger partial charge in [-0.2, -0.15) is 0 Å². The highest BCUT2D eigenvalue weighted by molar-refractivity contribution is 5.93. The molecule has 26 heavy (non-hydrogen) atoms. The molecule has 0 aliphatic carbocycles. The summed E-state index contributed by atoms with van der Waals surface area (Å²) < 4.78 is 0. The Balaban J connectivity index is 1.60. The Bertz CT molecular complexity index is 820. The summed E-state index contributed by atoms with van der Waals surface area (Å²) >= 11 is 0. The molecule has 3 rings (SSSR count). The molecule has 1 N–H and O–H groups in total. The van der Waals surface area contributed by atoms with Crippen LogP contribution in [0, 0.1) is 0 Å². The fourth-order valence-electron chi connectivity index (χ4n) is 2.69. The van der Waals surface area contributed by atoms with Gasteiger partial charge >= 0.3 is 0 Å². The minimum Gasteiger partial charge on any atom is -0.352 e. The number of carbonyl (C=O) groups is 1. The fourth-order valence-corrected chi connectivity index (χ4v) is 2.69. The topological polar surface area (TPSA) is 58.1 Å². The number of amides is 1. The summed E-state index contributed by atoms with van der Waals surface area (Å²) in [4.78, 5) is 23.0. The molecule has 0 atom stereocenters. The zero-order valence-corrected chi connectivity index (χ0v) is 14.8. The molecule has 0 radical (unpaired) electrons. The molecule has 1 heterocycles. The highest BCUT2D eigenvalue weighted by Crippen LogP contribution is 2.20. The van der Waals surface area contributed by atoms with Gasteiger partial charge in [-0.25, -0.2) is 9.97 Å². The Morgan fingerprint density at radius 3 is 2.19 bits per heavy atom. The van der Waals surface area contributed by atoms with Crippen molar-refractivity contribution in [2.75, 3.05) is 18.0 Å². The molecule has 1 amide bonds. The summed E-state index contributed by atoms with van der Waals surface area (Å²) in [6, 6.07) is 20.0. The van der Waals surface area contributed by atoms with E-state index in [4.69, 9.17) is 0 Å². The van der Waals surface area contributed by atoms with Crippen LogP contribution >= 0.6 is 0 Å². The molecular formula is C21H22N4O. The van der Waals surface area contributed by atoms with Gasteiger partial charge in [0.05, 0.1) is 5.56 Å². The first-order chi connectivity index (χ1) is 12.8. The van der Waals surface area contributed by atoms with Gasteiger partial charge in [0.1, 0.15) is 0 Å². The van der Waals surface area contributed by atoms with Crippen LogP contribution in [0.1, 0.15) is 22.8 Å². The number of hydrogen-bond donors (Lipinski definition) is 1. The van der Waals surface area contributed by atoms with E-state index in [0.717, 1.165) is 18.7 Å². The second kappa shape index (κ2) is 8.76. The monoisotopic (exact) mass is 346 g/mol. The van der Waals surface area contributed by atoms with Crippen LogP contribution in [0.3, 0.4) is 0 Å². The smallest absolute Gasteiger partial charge is 0.254 e. The Morgan fingerprint density at radius 1 is 0.962 bits per heavy atom. The van der Waals surface area contributed by atoms with Crippen molar-refractivity contribution in [3.05, 3.63) is 84.2 Å². The molecule has 0 spiro atoms. The van der Waals surface area contributed by atoms with Gasteiger partial charge < -0.3 is 10.2 Å². The summed E-state index contributed by atoms with van der Waals surface area (Å²) in [6.45, 7) is 3.36. The standard InChI is InChI=1S/C21H22N4O/c1-2-25(19-11-7-4-8-12-19)21-23-15-18(16-24-21)20(26)22-14-13-17-9-5-3-6-10-17/h3-12,15-16H,2,13-14H2,1H3,(H,22,26). The SMILES string of the molecule is CCN(c1ccccc1)c1ncc(C(=O)NCCc2ccccc2)cn1. The molecule has 0 aliphatic heterocycles. The molecule has 0 saturated heterocycles.